The lowest BCUT2D eigenvalue weighted by molar-refractivity contribution is -0.127. The summed E-state index contributed by atoms with van der Waals surface area (Å²) in [6.07, 6.45) is -0.176. The fraction of sp³-hybridized carbons (Fsp3) is 0.688. The fourth-order valence-corrected chi connectivity index (χ4v) is 5.15. The zero-order chi connectivity index (χ0) is 16.6. The summed E-state index contributed by atoms with van der Waals surface area (Å²) < 4.78 is 31.5. The summed E-state index contributed by atoms with van der Waals surface area (Å²) in [5, 5.41) is 0. The Morgan fingerprint density at radius 3 is 3.04 bits per heavy atom. The number of amides is 1. The Bertz CT molecular complexity index is 593. The topological polar surface area (TPSA) is 55.6 Å². The second kappa shape index (κ2) is 6.45. The third-order valence-electron chi connectivity index (χ3n) is 4.79. The van der Waals surface area contributed by atoms with Crippen molar-refractivity contribution in [1.82, 2.24) is 4.90 Å². The maximum absolute atomic E-state index is 12.7. The fourth-order valence-electron chi connectivity index (χ4n) is 3.76. The minimum absolute atomic E-state index is 0.169. The molecule has 2 atom stereocenters. The molecule has 128 valence electrons. The number of nitrogens with zero attached hydrogens (tertiary/aromatic N) is 1. The lowest BCUT2D eigenvalue weighted by atomic mass is 9.82. The number of hydrogen-bond donors (Lipinski definition) is 1. The molecular formula is C16H22F2N2O2S. The maximum atomic E-state index is 12.7. The van der Waals surface area contributed by atoms with Crippen LogP contribution in [0.15, 0.2) is 6.07 Å². The number of ether oxygens (including phenoxy) is 1. The van der Waals surface area contributed by atoms with Crippen molar-refractivity contribution in [2.75, 3.05) is 19.7 Å². The summed E-state index contributed by atoms with van der Waals surface area (Å²) in [5.41, 5.74) is 6.08. The zero-order valence-corrected chi connectivity index (χ0v) is 14.0. The van der Waals surface area contributed by atoms with Crippen LogP contribution in [-0.4, -0.2) is 43.0 Å². The predicted octanol–water partition coefficient (Wildman–Crippen LogP) is 2.29. The quantitative estimate of drug-likeness (QED) is 0.912. The molecule has 0 bridgehead atoms. The van der Waals surface area contributed by atoms with E-state index in [4.69, 9.17) is 10.5 Å². The minimum Gasteiger partial charge on any atom is -0.369 e. The normalized spacial score (nSPS) is 28.3. The van der Waals surface area contributed by atoms with E-state index < -0.39 is 6.43 Å². The van der Waals surface area contributed by atoms with Crippen molar-refractivity contribution in [2.45, 2.75) is 50.7 Å². The van der Waals surface area contributed by atoms with Crippen LogP contribution < -0.4 is 5.73 Å². The third kappa shape index (κ3) is 3.41. The number of hydrogen-bond acceptors (Lipinski definition) is 4. The van der Waals surface area contributed by atoms with Gasteiger partial charge in [0.2, 0.25) is 12.3 Å². The molecule has 1 fully saturated rings. The molecule has 0 radical (unpaired) electrons. The van der Waals surface area contributed by atoms with Crippen LogP contribution in [-0.2, 0) is 28.0 Å². The second-order valence-electron chi connectivity index (χ2n) is 6.49. The molecule has 1 amide bonds. The third-order valence-corrected chi connectivity index (χ3v) is 6.17. The number of piperidine rings is 1. The van der Waals surface area contributed by atoms with E-state index in [0.717, 1.165) is 41.1 Å². The van der Waals surface area contributed by atoms with E-state index in [1.165, 1.54) is 11.3 Å². The van der Waals surface area contributed by atoms with Gasteiger partial charge in [-0.2, -0.15) is 0 Å². The molecule has 2 aliphatic heterocycles. The van der Waals surface area contributed by atoms with Crippen molar-refractivity contribution in [1.29, 1.82) is 0 Å². The molecule has 1 aromatic heterocycles. The molecule has 1 saturated heterocycles. The van der Waals surface area contributed by atoms with Gasteiger partial charge in [0.1, 0.15) is 5.60 Å². The Hall–Kier alpha value is -1.05. The van der Waals surface area contributed by atoms with E-state index in [0.29, 0.717) is 6.61 Å². The first kappa shape index (κ1) is 16.8. The van der Waals surface area contributed by atoms with Gasteiger partial charge in [-0.3, -0.25) is 9.69 Å². The number of nitrogens with two attached hydrogens (primary N) is 1. The largest absolute Gasteiger partial charge is 0.369 e. The number of thiophene rings is 1. The highest BCUT2D eigenvalue weighted by atomic mass is 32.1. The summed E-state index contributed by atoms with van der Waals surface area (Å²) in [6.45, 7) is 3.67. The van der Waals surface area contributed by atoms with Gasteiger partial charge in [-0.1, -0.05) is 0 Å². The molecule has 23 heavy (non-hydrogen) atoms. The molecule has 0 saturated carbocycles. The first-order valence-electron chi connectivity index (χ1n) is 7.96. The molecule has 3 heterocycles. The van der Waals surface area contributed by atoms with Crippen LogP contribution in [0.1, 0.15) is 35.1 Å². The van der Waals surface area contributed by atoms with Gasteiger partial charge in [-0.25, -0.2) is 8.78 Å². The molecule has 2 N–H and O–H groups in total. The average molecular weight is 344 g/mol. The van der Waals surface area contributed by atoms with Gasteiger partial charge in [0.05, 0.1) is 13.2 Å². The highest BCUT2D eigenvalue weighted by Gasteiger charge is 2.45. The number of fused-ring (bicyclic) bond motifs is 2. The van der Waals surface area contributed by atoms with Crippen LogP contribution in [0.2, 0.25) is 0 Å². The highest BCUT2D eigenvalue weighted by Crippen LogP contribution is 2.47. The van der Waals surface area contributed by atoms with Crippen LogP contribution in [0.3, 0.4) is 0 Å². The predicted molar refractivity (Wildman–Crippen MR) is 84.8 cm³/mol. The van der Waals surface area contributed by atoms with Crippen molar-refractivity contribution in [3.63, 3.8) is 0 Å². The van der Waals surface area contributed by atoms with Gasteiger partial charge < -0.3 is 10.5 Å². The van der Waals surface area contributed by atoms with Crippen LogP contribution in [0.25, 0.3) is 0 Å². The molecule has 3 rings (SSSR count). The highest BCUT2D eigenvalue weighted by molar-refractivity contribution is 7.12. The van der Waals surface area contributed by atoms with Gasteiger partial charge in [0, 0.05) is 28.8 Å². The first-order chi connectivity index (χ1) is 10.9. The number of carbonyl (C=O) groups excluding carboxylic acids is 1. The van der Waals surface area contributed by atoms with E-state index in [1.54, 1.807) is 0 Å². The van der Waals surface area contributed by atoms with Crippen molar-refractivity contribution in [3.8, 4) is 0 Å². The Kier molecular flexibility index (Phi) is 4.71. The maximum Gasteiger partial charge on any atom is 0.243 e. The van der Waals surface area contributed by atoms with Crippen LogP contribution in [0.5, 0.6) is 0 Å². The van der Waals surface area contributed by atoms with E-state index in [9.17, 15) is 13.6 Å². The zero-order valence-electron chi connectivity index (χ0n) is 13.2. The van der Waals surface area contributed by atoms with Crippen molar-refractivity contribution < 1.29 is 18.3 Å². The summed E-state index contributed by atoms with van der Waals surface area (Å²) >= 11 is 1.47. The molecule has 1 spiro atoms. The lowest BCUT2D eigenvalue weighted by Crippen LogP contribution is -2.52. The first-order valence-corrected chi connectivity index (χ1v) is 8.78. The van der Waals surface area contributed by atoms with E-state index in [2.05, 4.69) is 11.8 Å². The molecule has 4 nitrogen and oxygen atoms in total. The number of alkyl halides is 2. The van der Waals surface area contributed by atoms with Crippen LogP contribution in [0, 0.1) is 0 Å². The molecule has 1 aromatic rings. The summed E-state index contributed by atoms with van der Waals surface area (Å²) in [4.78, 5) is 15.1. The summed E-state index contributed by atoms with van der Waals surface area (Å²) in [5.74, 6) is -0.326. The van der Waals surface area contributed by atoms with Crippen molar-refractivity contribution >= 4 is 17.2 Å². The molecule has 7 heteroatoms. The molecule has 2 aliphatic rings. The molecule has 0 unspecified atom stereocenters. The Morgan fingerprint density at radius 2 is 2.39 bits per heavy atom. The summed E-state index contributed by atoms with van der Waals surface area (Å²) in [6, 6.07) is 2.10. The lowest BCUT2D eigenvalue weighted by Gasteiger charge is -2.46. The van der Waals surface area contributed by atoms with Gasteiger partial charge in [-0.15, -0.1) is 11.3 Å². The van der Waals surface area contributed by atoms with E-state index in [1.807, 2.05) is 6.07 Å². The molecule has 0 aliphatic carbocycles. The summed E-state index contributed by atoms with van der Waals surface area (Å²) in [7, 11) is 0. The standard InChI is InChI=1S/C16H22F2N2O2S/c1-10-8-16(3-4-20(10)9-14(19)21)15-11(2-5-22-16)6-12(23-15)7-13(17)18/h6,10,13H,2-5,7-9H2,1H3,(H2,19,21)/t10-,16+/m0/s1. The Balaban J connectivity index is 1.82. The van der Waals surface area contributed by atoms with Gasteiger partial charge >= 0.3 is 0 Å². The SMILES string of the molecule is C[C@H]1C[C@@]2(CCN1CC(N)=O)OCCc1cc(CC(F)F)sc12. The smallest absolute Gasteiger partial charge is 0.243 e. The van der Waals surface area contributed by atoms with Crippen molar-refractivity contribution in [3.05, 3.63) is 21.4 Å². The van der Waals surface area contributed by atoms with Crippen molar-refractivity contribution in [2.24, 2.45) is 5.73 Å². The van der Waals surface area contributed by atoms with Gasteiger partial charge in [-0.05, 0) is 37.8 Å². The average Bonchev–Trinajstić information content (AvgIpc) is 2.85. The number of primary amides is 1. The van der Waals surface area contributed by atoms with Gasteiger partial charge in [0.25, 0.3) is 0 Å². The number of rotatable bonds is 4. The number of carbonyl (C=O) groups is 1. The monoisotopic (exact) mass is 344 g/mol. The Labute approximate surface area is 138 Å². The number of likely N-dealkylation sites (tertiary alicyclic amines) is 1. The van der Waals surface area contributed by atoms with Crippen LogP contribution in [0.4, 0.5) is 8.78 Å². The van der Waals surface area contributed by atoms with Crippen LogP contribution >= 0.6 is 11.3 Å². The van der Waals surface area contributed by atoms with E-state index in [-0.39, 0.29) is 30.5 Å². The molecular weight excluding hydrogens is 322 g/mol. The minimum atomic E-state index is -2.32. The Morgan fingerprint density at radius 1 is 1.61 bits per heavy atom. The molecule has 0 aromatic carbocycles. The van der Waals surface area contributed by atoms with Gasteiger partial charge in [0.15, 0.2) is 0 Å². The van der Waals surface area contributed by atoms with E-state index >= 15 is 0 Å². The number of halogens is 2. The second-order valence-corrected chi connectivity index (χ2v) is 7.63.